The van der Waals surface area contributed by atoms with E-state index in [4.69, 9.17) is 9.47 Å². The molecule has 0 bridgehead atoms. The van der Waals surface area contributed by atoms with Crippen LogP contribution >= 0.6 is 0 Å². The monoisotopic (exact) mass is 430 g/mol. The second-order valence-corrected chi connectivity index (χ2v) is 8.20. The topological polar surface area (TPSA) is 104 Å². The number of nitrogens with zero attached hydrogens (tertiary/aromatic N) is 1. The van der Waals surface area contributed by atoms with E-state index in [0.717, 1.165) is 3.97 Å². The second kappa shape index (κ2) is 8.58. The molecule has 0 unspecified atom stereocenters. The largest absolute Gasteiger partial charge is 0.497 e. The number of aromatic nitrogens is 1. The molecule has 8 nitrogen and oxygen atoms in total. The molecule has 0 saturated carbocycles. The van der Waals surface area contributed by atoms with Crippen molar-refractivity contribution in [1.82, 2.24) is 9.29 Å². The molecule has 30 heavy (non-hydrogen) atoms. The van der Waals surface area contributed by atoms with Gasteiger partial charge in [-0.1, -0.05) is 18.2 Å². The summed E-state index contributed by atoms with van der Waals surface area (Å²) in [6, 6.07) is 12.6. The molecule has 158 valence electrons. The maximum atomic E-state index is 13.5. The first-order valence-electron chi connectivity index (χ1n) is 9.24. The van der Waals surface area contributed by atoms with Crippen molar-refractivity contribution in [3.63, 3.8) is 0 Å². The molecule has 0 aliphatic carbocycles. The van der Waals surface area contributed by atoms with Crippen molar-refractivity contribution in [2.45, 2.75) is 25.3 Å². The lowest BCUT2D eigenvalue weighted by Crippen LogP contribution is -2.25. The predicted octanol–water partition coefficient (Wildman–Crippen LogP) is 2.70. The van der Waals surface area contributed by atoms with Crippen LogP contribution in [0.5, 0.6) is 5.75 Å². The quantitative estimate of drug-likeness (QED) is 0.578. The number of hydrogen-bond donors (Lipinski definition) is 1. The van der Waals surface area contributed by atoms with Crippen molar-refractivity contribution in [2.75, 3.05) is 13.7 Å². The van der Waals surface area contributed by atoms with Gasteiger partial charge in [-0.2, -0.15) is 0 Å². The summed E-state index contributed by atoms with van der Waals surface area (Å²) in [5, 5.41) is 2.94. The van der Waals surface area contributed by atoms with E-state index in [-0.39, 0.29) is 40.7 Å². The summed E-state index contributed by atoms with van der Waals surface area (Å²) in [6.45, 7) is 2.91. The van der Waals surface area contributed by atoms with Crippen LogP contribution in [0.1, 0.15) is 29.9 Å². The van der Waals surface area contributed by atoms with Gasteiger partial charge >= 0.3 is 5.97 Å². The standard InChI is InChI=1S/C21H22N2O6S/c1-4-29-21(25)20-17-12-15(28-3)10-11-18(17)23(19(20)13-22-14(2)24)30(26,27)16-8-6-5-7-9-16/h5-12H,4,13H2,1-3H3,(H,22,24). The number of fused-ring (bicyclic) bond motifs is 1. The summed E-state index contributed by atoms with van der Waals surface area (Å²) in [6.07, 6.45) is 0. The van der Waals surface area contributed by atoms with Crippen LogP contribution in [0.15, 0.2) is 53.4 Å². The lowest BCUT2D eigenvalue weighted by molar-refractivity contribution is -0.119. The van der Waals surface area contributed by atoms with Gasteiger partial charge in [0.15, 0.2) is 0 Å². The maximum Gasteiger partial charge on any atom is 0.340 e. The maximum absolute atomic E-state index is 13.5. The Bertz CT molecular complexity index is 1200. The Morgan fingerprint density at radius 3 is 2.40 bits per heavy atom. The fraction of sp³-hybridized carbons (Fsp3) is 0.238. The Morgan fingerprint density at radius 2 is 1.80 bits per heavy atom. The minimum Gasteiger partial charge on any atom is -0.497 e. The van der Waals surface area contributed by atoms with Crippen molar-refractivity contribution in [3.05, 3.63) is 59.8 Å². The number of amides is 1. The van der Waals surface area contributed by atoms with E-state index in [1.807, 2.05) is 0 Å². The smallest absolute Gasteiger partial charge is 0.340 e. The predicted molar refractivity (Wildman–Crippen MR) is 111 cm³/mol. The van der Waals surface area contributed by atoms with Crippen molar-refractivity contribution in [2.24, 2.45) is 0 Å². The first-order chi connectivity index (χ1) is 14.3. The van der Waals surface area contributed by atoms with Gasteiger partial charge in [-0.25, -0.2) is 17.2 Å². The molecule has 0 aliphatic rings. The molecular weight excluding hydrogens is 408 g/mol. The van der Waals surface area contributed by atoms with Crippen LogP contribution in [0.4, 0.5) is 0 Å². The van der Waals surface area contributed by atoms with Crippen LogP contribution in [0.3, 0.4) is 0 Å². The number of carbonyl (C=O) groups excluding carboxylic acids is 2. The molecule has 0 spiro atoms. The summed E-state index contributed by atoms with van der Waals surface area (Å²) >= 11 is 0. The molecule has 1 aromatic heterocycles. The Kier molecular flexibility index (Phi) is 6.12. The first-order valence-corrected chi connectivity index (χ1v) is 10.7. The van der Waals surface area contributed by atoms with Gasteiger partial charge in [0.25, 0.3) is 10.0 Å². The van der Waals surface area contributed by atoms with Gasteiger partial charge in [0.1, 0.15) is 5.75 Å². The highest BCUT2D eigenvalue weighted by molar-refractivity contribution is 7.90. The third kappa shape index (κ3) is 3.88. The summed E-state index contributed by atoms with van der Waals surface area (Å²) in [5.74, 6) is -0.595. The highest BCUT2D eigenvalue weighted by Gasteiger charge is 2.30. The summed E-state index contributed by atoms with van der Waals surface area (Å²) in [4.78, 5) is 24.4. The Labute approximate surface area is 174 Å². The van der Waals surface area contributed by atoms with Crippen LogP contribution in [0.25, 0.3) is 10.9 Å². The normalized spacial score (nSPS) is 11.3. The Balaban J connectivity index is 2.40. The number of rotatable bonds is 7. The molecule has 1 heterocycles. The van der Waals surface area contributed by atoms with Crippen LogP contribution < -0.4 is 10.1 Å². The van der Waals surface area contributed by atoms with E-state index >= 15 is 0 Å². The third-order valence-electron chi connectivity index (χ3n) is 4.49. The van der Waals surface area contributed by atoms with Crippen molar-refractivity contribution in [1.29, 1.82) is 0 Å². The highest BCUT2D eigenvalue weighted by Crippen LogP contribution is 2.33. The number of nitrogens with one attached hydrogen (secondary N) is 1. The second-order valence-electron chi connectivity index (χ2n) is 6.42. The van der Waals surface area contributed by atoms with Gasteiger partial charge in [-0.05, 0) is 37.3 Å². The molecule has 3 aromatic rings. The van der Waals surface area contributed by atoms with Crippen LogP contribution in [0.2, 0.25) is 0 Å². The van der Waals surface area contributed by atoms with E-state index < -0.39 is 16.0 Å². The lowest BCUT2D eigenvalue weighted by Gasteiger charge is -2.13. The number of carbonyl (C=O) groups is 2. The highest BCUT2D eigenvalue weighted by atomic mass is 32.2. The minimum absolute atomic E-state index is 0.0530. The van der Waals surface area contributed by atoms with Gasteiger partial charge in [-0.15, -0.1) is 0 Å². The number of esters is 1. The molecule has 0 atom stereocenters. The molecule has 0 radical (unpaired) electrons. The molecule has 3 rings (SSSR count). The van der Waals surface area contributed by atoms with Crippen molar-refractivity contribution < 1.29 is 27.5 Å². The van der Waals surface area contributed by atoms with Crippen molar-refractivity contribution in [3.8, 4) is 5.75 Å². The van der Waals surface area contributed by atoms with Gasteiger partial charge < -0.3 is 14.8 Å². The zero-order valence-corrected chi connectivity index (χ0v) is 17.7. The fourth-order valence-corrected chi connectivity index (χ4v) is 4.77. The van der Waals surface area contributed by atoms with Gasteiger partial charge in [0.05, 0.1) is 41.9 Å². The van der Waals surface area contributed by atoms with Crippen LogP contribution in [0, 0.1) is 0 Å². The molecule has 9 heteroatoms. The molecule has 1 amide bonds. The molecule has 1 N–H and O–H groups in total. The molecule has 2 aromatic carbocycles. The average molecular weight is 430 g/mol. The van der Waals surface area contributed by atoms with E-state index in [1.54, 1.807) is 43.3 Å². The lowest BCUT2D eigenvalue weighted by atomic mass is 10.1. The first kappa shape index (κ1) is 21.4. The van der Waals surface area contributed by atoms with Crippen LogP contribution in [-0.2, 0) is 26.1 Å². The number of methoxy groups -OCH3 is 1. The summed E-state index contributed by atoms with van der Waals surface area (Å²) in [7, 11) is -2.60. The zero-order chi connectivity index (χ0) is 21.9. The third-order valence-corrected chi connectivity index (χ3v) is 6.26. The summed E-state index contributed by atoms with van der Waals surface area (Å²) < 4.78 is 38.6. The van der Waals surface area contributed by atoms with E-state index in [1.165, 1.54) is 26.2 Å². The van der Waals surface area contributed by atoms with Gasteiger partial charge in [0, 0.05) is 12.3 Å². The van der Waals surface area contributed by atoms with E-state index in [0.29, 0.717) is 11.1 Å². The average Bonchev–Trinajstić information content (AvgIpc) is 3.07. The SMILES string of the molecule is CCOC(=O)c1c(CNC(C)=O)n(S(=O)(=O)c2ccccc2)c2ccc(OC)cc12. The van der Waals surface area contributed by atoms with Gasteiger partial charge in [0.2, 0.25) is 5.91 Å². The zero-order valence-electron chi connectivity index (χ0n) is 16.8. The molecule has 0 saturated heterocycles. The minimum atomic E-state index is -4.07. The van der Waals surface area contributed by atoms with Crippen molar-refractivity contribution >= 4 is 32.8 Å². The van der Waals surface area contributed by atoms with E-state index in [2.05, 4.69) is 5.32 Å². The Hall–Kier alpha value is -3.33. The molecule has 0 fully saturated rings. The van der Waals surface area contributed by atoms with E-state index in [9.17, 15) is 18.0 Å². The molecular formula is C21H22N2O6S. The number of benzene rings is 2. The number of ether oxygens (including phenoxy) is 2. The van der Waals surface area contributed by atoms with Crippen LogP contribution in [-0.4, -0.2) is 38.0 Å². The Morgan fingerprint density at radius 1 is 1.10 bits per heavy atom. The van der Waals surface area contributed by atoms with Gasteiger partial charge in [-0.3, -0.25) is 4.79 Å². The number of hydrogen-bond acceptors (Lipinski definition) is 6. The fourth-order valence-electron chi connectivity index (χ4n) is 3.19. The summed E-state index contributed by atoms with van der Waals surface area (Å²) in [5.41, 5.74) is 0.456. The molecule has 0 aliphatic heterocycles.